The van der Waals surface area contributed by atoms with Gasteiger partial charge in [0.1, 0.15) is 0 Å². The van der Waals surface area contributed by atoms with E-state index in [0.29, 0.717) is 6.17 Å². The standard InChI is InChI=1S/C6H17NO2Si/c1-3-4-5-7-6-10(2,8)9/h7-9H,3-6H2,1-2H3. The molecule has 3 N–H and O–H groups in total. The van der Waals surface area contributed by atoms with E-state index in [2.05, 4.69) is 12.2 Å². The third-order valence-corrected chi connectivity index (χ3v) is 2.09. The van der Waals surface area contributed by atoms with E-state index in [1.807, 2.05) is 0 Å². The summed E-state index contributed by atoms with van der Waals surface area (Å²) < 4.78 is 0. The largest absolute Gasteiger partial charge is 0.410 e. The van der Waals surface area contributed by atoms with Gasteiger partial charge in [-0.2, -0.15) is 0 Å². The third-order valence-electron chi connectivity index (χ3n) is 1.17. The Morgan fingerprint density at radius 3 is 2.40 bits per heavy atom. The van der Waals surface area contributed by atoms with Gasteiger partial charge >= 0.3 is 8.56 Å². The van der Waals surface area contributed by atoms with Gasteiger partial charge in [0.2, 0.25) is 0 Å². The van der Waals surface area contributed by atoms with Crippen LogP contribution in [-0.2, 0) is 0 Å². The zero-order valence-electron chi connectivity index (χ0n) is 6.72. The average Bonchev–Trinajstić information content (AvgIpc) is 1.78. The van der Waals surface area contributed by atoms with Gasteiger partial charge < -0.3 is 14.9 Å². The van der Waals surface area contributed by atoms with Crippen LogP contribution in [0.2, 0.25) is 6.55 Å². The molecule has 0 aliphatic heterocycles. The molecule has 0 bridgehead atoms. The fourth-order valence-electron chi connectivity index (χ4n) is 0.627. The number of unbranched alkanes of at least 4 members (excludes halogenated alkanes) is 1. The highest BCUT2D eigenvalue weighted by Gasteiger charge is 2.19. The van der Waals surface area contributed by atoms with Crippen molar-refractivity contribution in [3.8, 4) is 0 Å². The van der Waals surface area contributed by atoms with Gasteiger partial charge in [0.05, 0.1) is 0 Å². The third kappa shape index (κ3) is 8.10. The quantitative estimate of drug-likeness (QED) is 0.394. The molecule has 0 radical (unpaired) electrons. The van der Waals surface area contributed by atoms with Crippen LogP contribution >= 0.6 is 0 Å². The molecular weight excluding hydrogens is 146 g/mol. The molecule has 0 saturated carbocycles. The van der Waals surface area contributed by atoms with E-state index in [0.717, 1.165) is 19.4 Å². The summed E-state index contributed by atoms with van der Waals surface area (Å²) in [6.07, 6.45) is 2.62. The van der Waals surface area contributed by atoms with E-state index in [4.69, 9.17) is 9.59 Å². The van der Waals surface area contributed by atoms with E-state index in [1.54, 1.807) is 0 Å². The second-order valence-corrected chi connectivity index (χ2v) is 5.53. The first-order chi connectivity index (χ1) is 4.56. The van der Waals surface area contributed by atoms with Crippen molar-refractivity contribution in [2.24, 2.45) is 0 Å². The zero-order chi connectivity index (χ0) is 8.04. The Morgan fingerprint density at radius 2 is 2.00 bits per heavy atom. The molecule has 0 unspecified atom stereocenters. The molecule has 0 saturated heterocycles. The topological polar surface area (TPSA) is 52.5 Å². The molecule has 0 rings (SSSR count). The van der Waals surface area contributed by atoms with Crippen LogP contribution in [0.15, 0.2) is 0 Å². The average molecular weight is 163 g/mol. The Balaban J connectivity index is 3.04. The Labute approximate surface area is 63.3 Å². The minimum absolute atomic E-state index is 0.382. The highest BCUT2D eigenvalue weighted by Crippen LogP contribution is 1.88. The zero-order valence-corrected chi connectivity index (χ0v) is 7.72. The summed E-state index contributed by atoms with van der Waals surface area (Å²) in [5.74, 6) is 0. The Kier molecular flexibility index (Phi) is 4.89. The van der Waals surface area contributed by atoms with Crippen LogP contribution in [-0.4, -0.2) is 30.9 Å². The van der Waals surface area contributed by atoms with Crippen molar-refractivity contribution in [1.82, 2.24) is 5.32 Å². The highest BCUT2D eigenvalue weighted by molar-refractivity contribution is 6.63. The number of hydrogen-bond donors (Lipinski definition) is 3. The van der Waals surface area contributed by atoms with Crippen LogP contribution in [0.1, 0.15) is 19.8 Å². The highest BCUT2D eigenvalue weighted by atomic mass is 28.4. The SMILES string of the molecule is CCCCNC[Si](C)(O)O. The molecule has 0 aliphatic carbocycles. The predicted octanol–water partition coefficient (Wildman–Crippen LogP) is -0.0281. The van der Waals surface area contributed by atoms with Crippen LogP contribution in [0.4, 0.5) is 0 Å². The van der Waals surface area contributed by atoms with Crippen LogP contribution < -0.4 is 5.32 Å². The summed E-state index contributed by atoms with van der Waals surface area (Å²) in [6.45, 7) is 4.50. The summed E-state index contributed by atoms with van der Waals surface area (Å²) >= 11 is 0. The second-order valence-electron chi connectivity index (χ2n) is 2.75. The van der Waals surface area contributed by atoms with E-state index < -0.39 is 8.56 Å². The van der Waals surface area contributed by atoms with E-state index >= 15 is 0 Å². The number of nitrogens with one attached hydrogen (secondary N) is 1. The smallest absolute Gasteiger partial charge is 0.343 e. The molecule has 10 heavy (non-hydrogen) atoms. The van der Waals surface area contributed by atoms with Crippen LogP contribution in [0.5, 0.6) is 0 Å². The minimum atomic E-state index is -2.82. The normalized spacial score (nSPS) is 12.0. The number of hydrogen-bond acceptors (Lipinski definition) is 3. The van der Waals surface area contributed by atoms with Crippen molar-refractivity contribution < 1.29 is 9.59 Å². The summed E-state index contributed by atoms with van der Waals surface area (Å²) in [6, 6.07) is 0. The van der Waals surface area contributed by atoms with Crippen molar-refractivity contribution in [2.75, 3.05) is 12.7 Å². The first-order valence-electron chi connectivity index (χ1n) is 3.71. The molecule has 0 heterocycles. The maximum Gasteiger partial charge on any atom is 0.343 e. The van der Waals surface area contributed by atoms with E-state index in [9.17, 15) is 0 Å². The lowest BCUT2D eigenvalue weighted by Gasteiger charge is -2.11. The van der Waals surface area contributed by atoms with E-state index in [1.165, 1.54) is 6.55 Å². The monoisotopic (exact) mass is 163 g/mol. The lowest BCUT2D eigenvalue weighted by molar-refractivity contribution is 0.364. The molecule has 0 aromatic carbocycles. The van der Waals surface area contributed by atoms with Gasteiger partial charge in [0.15, 0.2) is 0 Å². The predicted molar refractivity (Wildman–Crippen MR) is 43.8 cm³/mol. The van der Waals surface area contributed by atoms with Gasteiger partial charge in [0, 0.05) is 6.17 Å². The first kappa shape index (κ1) is 10.1. The van der Waals surface area contributed by atoms with Crippen molar-refractivity contribution >= 4 is 8.56 Å². The molecule has 4 heteroatoms. The Morgan fingerprint density at radius 1 is 1.40 bits per heavy atom. The minimum Gasteiger partial charge on any atom is -0.410 e. The van der Waals surface area contributed by atoms with Crippen molar-refractivity contribution in [3.63, 3.8) is 0 Å². The van der Waals surface area contributed by atoms with Gasteiger partial charge in [-0.05, 0) is 19.5 Å². The molecule has 0 fully saturated rings. The van der Waals surface area contributed by atoms with Crippen molar-refractivity contribution in [3.05, 3.63) is 0 Å². The van der Waals surface area contributed by atoms with Crippen molar-refractivity contribution in [2.45, 2.75) is 26.3 Å². The fourth-order valence-corrected chi connectivity index (χ4v) is 1.28. The van der Waals surface area contributed by atoms with Crippen molar-refractivity contribution in [1.29, 1.82) is 0 Å². The lowest BCUT2D eigenvalue weighted by atomic mass is 10.3. The molecule has 3 nitrogen and oxygen atoms in total. The van der Waals surface area contributed by atoms with Gasteiger partial charge in [-0.1, -0.05) is 13.3 Å². The van der Waals surface area contributed by atoms with Gasteiger partial charge in [-0.15, -0.1) is 0 Å². The van der Waals surface area contributed by atoms with Gasteiger partial charge in [0.25, 0.3) is 0 Å². The Bertz CT molecular complexity index is 82.3. The molecule has 62 valence electrons. The van der Waals surface area contributed by atoms with E-state index in [-0.39, 0.29) is 0 Å². The molecule has 0 aromatic rings. The number of rotatable bonds is 5. The molecule has 0 amide bonds. The second kappa shape index (κ2) is 4.84. The summed E-state index contributed by atoms with van der Waals surface area (Å²) in [4.78, 5) is 17.9. The first-order valence-corrected chi connectivity index (χ1v) is 6.32. The molecular formula is C6H17NO2Si. The fraction of sp³-hybridized carbons (Fsp3) is 1.00. The summed E-state index contributed by atoms with van der Waals surface area (Å²) in [7, 11) is -2.82. The van der Waals surface area contributed by atoms with Crippen LogP contribution in [0.3, 0.4) is 0 Å². The maximum absolute atomic E-state index is 8.95. The van der Waals surface area contributed by atoms with Gasteiger partial charge in [-0.3, -0.25) is 0 Å². The van der Waals surface area contributed by atoms with Crippen LogP contribution in [0, 0.1) is 0 Å². The summed E-state index contributed by atoms with van der Waals surface area (Å²) in [5.41, 5.74) is 0. The molecule has 0 aliphatic rings. The maximum atomic E-state index is 8.95. The molecule has 0 aromatic heterocycles. The summed E-state index contributed by atoms with van der Waals surface area (Å²) in [5, 5.41) is 2.99. The molecule has 0 atom stereocenters. The van der Waals surface area contributed by atoms with Crippen LogP contribution in [0.25, 0.3) is 0 Å². The lowest BCUT2D eigenvalue weighted by Crippen LogP contribution is -2.43. The Hall–Kier alpha value is 0.0969. The molecule has 0 spiro atoms. The van der Waals surface area contributed by atoms with Gasteiger partial charge in [-0.25, -0.2) is 0 Å².